The fourth-order valence-electron chi connectivity index (χ4n) is 4.35. The van der Waals surface area contributed by atoms with E-state index in [1.165, 1.54) is 70.6 Å². The van der Waals surface area contributed by atoms with E-state index in [4.69, 9.17) is 19.3 Å². The average Bonchev–Trinajstić information content (AvgIpc) is 3.26. The summed E-state index contributed by atoms with van der Waals surface area (Å²) >= 11 is 0. The van der Waals surface area contributed by atoms with E-state index < -0.39 is 30.3 Å². The van der Waals surface area contributed by atoms with Crippen molar-refractivity contribution in [1.82, 2.24) is 5.32 Å². The van der Waals surface area contributed by atoms with Crippen LogP contribution < -0.4 is 5.32 Å². The molecule has 0 aliphatic carbocycles. The summed E-state index contributed by atoms with van der Waals surface area (Å²) in [5.41, 5.74) is 0. The van der Waals surface area contributed by atoms with Crippen molar-refractivity contribution in [3.63, 3.8) is 0 Å². The minimum atomic E-state index is -0.797. The molecule has 1 heterocycles. The van der Waals surface area contributed by atoms with Gasteiger partial charge in [-0.3, -0.25) is 14.4 Å². The number of unbranched alkanes of at least 4 members (excludes halogenated alkanes) is 12. The highest BCUT2D eigenvalue weighted by Gasteiger charge is 2.34. The highest BCUT2D eigenvalue weighted by Crippen LogP contribution is 2.20. The van der Waals surface area contributed by atoms with Crippen molar-refractivity contribution in [1.29, 1.82) is 0 Å². The molecule has 9 nitrogen and oxygen atoms in total. The van der Waals surface area contributed by atoms with E-state index in [-0.39, 0.29) is 45.1 Å². The number of amides is 1. The van der Waals surface area contributed by atoms with Crippen LogP contribution in [-0.2, 0) is 28.6 Å². The predicted octanol–water partition coefficient (Wildman–Crippen LogP) is 3.96. The molecule has 9 heteroatoms. The Morgan fingerprint density at radius 1 is 0.811 bits per heavy atom. The van der Waals surface area contributed by atoms with Gasteiger partial charge in [-0.1, -0.05) is 84.0 Å². The fourth-order valence-corrected chi connectivity index (χ4v) is 4.35. The molecule has 1 saturated heterocycles. The van der Waals surface area contributed by atoms with Gasteiger partial charge in [-0.25, -0.2) is 0 Å². The van der Waals surface area contributed by atoms with Crippen molar-refractivity contribution in [3.8, 4) is 0 Å². The Kier molecular flexibility index (Phi) is 20.1. The van der Waals surface area contributed by atoms with Crippen LogP contribution in [0.15, 0.2) is 0 Å². The van der Waals surface area contributed by atoms with Gasteiger partial charge in [0.2, 0.25) is 5.91 Å². The number of aliphatic hydroxyl groups excluding tert-OH is 2. The largest absolute Gasteiger partial charge is 0.464 e. The van der Waals surface area contributed by atoms with Crippen molar-refractivity contribution in [3.05, 3.63) is 0 Å². The molecule has 0 aromatic heterocycles. The molecule has 1 amide bonds. The standard InChI is InChI=1S/C28H51NO8/c1-2-3-4-5-6-7-8-9-10-11-12-13-14-15-26(32)29-18-19-35-27(33)16-17-28(34)36-22-25-24(31)20-23(21-30)37-25/h23-25,30-31H,2-22H2,1H3,(H,29,32)/t23-,24-,25+/m0/s1. The zero-order valence-corrected chi connectivity index (χ0v) is 22.9. The average molecular weight is 530 g/mol. The number of aliphatic hydroxyl groups is 2. The normalized spacial score (nSPS) is 19.1. The Hall–Kier alpha value is -1.71. The summed E-state index contributed by atoms with van der Waals surface area (Å²) < 4.78 is 15.4. The van der Waals surface area contributed by atoms with Gasteiger partial charge in [-0.05, 0) is 6.42 Å². The van der Waals surface area contributed by atoms with Crippen LogP contribution in [0.1, 0.15) is 116 Å². The zero-order valence-electron chi connectivity index (χ0n) is 22.9. The molecule has 1 fully saturated rings. The minimum Gasteiger partial charge on any atom is -0.464 e. The summed E-state index contributed by atoms with van der Waals surface area (Å²) in [6, 6.07) is 0. The summed E-state index contributed by atoms with van der Waals surface area (Å²) in [7, 11) is 0. The lowest BCUT2D eigenvalue weighted by atomic mass is 10.0. The van der Waals surface area contributed by atoms with E-state index in [0.717, 1.165) is 12.8 Å². The lowest BCUT2D eigenvalue weighted by Crippen LogP contribution is -2.28. The highest BCUT2D eigenvalue weighted by atomic mass is 16.6. The number of carbonyl (C=O) groups excluding carboxylic acids is 3. The first-order valence-electron chi connectivity index (χ1n) is 14.5. The van der Waals surface area contributed by atoms with E-state index in [2.05, 4.69) is 12.2 Å². The second-order valence-corrected chi connectivity index (χ2v) is 10.0. The zero-order chi connectivity index (χ0) is 27.1. The number of ether oxygens (including phenoxy) is 3. The molecule has 3 N–H and O–H groups in total. The van der Waals surface area contributed by atoms with Crippen LogP contribution in [0.4, 0.5) is 0 Å². The fraction of sp³-hybridized carbons (Fsp3) is 0.893. The molecule has 37 heavy (non-hydrogen) atoms. The Balaban J connectivity index is 1.87. The van der Waals surface area contributed by atoms with Gasteiger partial charge in [0.15, 0.2) is 0 Å². The Labute approximate surface area is 223 Å². The lowest BCUT2D eigenvalue weighted by Gasteiger charge is -2.14. The van der Waals surface area contributed by atoms with Crippen molar-refractivity contribution in [2.75, 3.05) is 26.4 Å². The van der Waals surface area contributed by atoms with Crippen LogP contribution in [0.5, 0.6) is 0 Å². The van der Waals surface area contributed by atoms with E-state index >= 15 is 0 Å². The van der Waals surface area contributed by atoms with Gasteiger partial charge in [-0.15, -0.1) is 0 Å². The van der Waals surface area contributed by atoms with Crippen molar-refractivity contribution < 1.29 is 38.8 Å². The van der Waals surface area contributed by atoms with E-state index in [9.17, 15) is 19.5 Å². The Morgan fingerprint density at radius 2 is 1.35 bits per heavy atom. The number of hydrogen-bond acceptors (Lipinski definition) is 8. The third-order valence-electron chi connectivity index (χ3n) is 6.64. The molecule has 1 aliphatic rings. The molecular weight excluding hydrogens is 478 g/mol. The molecule has 0 radical (unpaired) electrons. The quantitative estimate of drug-likeness (QED) is 0.134. The highest BCUT2D eigenvalue weighted by molar-refractivity contribution is 5.78. The van der Waals surface area contributed by atoms with E-state index in [1.54, 1.807) is 0 Å². The minimum absolute atomic E-state index is 0.0394. The van der Waals surface area contributed by atoms with E-state index in [0.29, 0.717) is 12.8 Å². The molecule has 0 unspecified atom stereocenters. The number of carbonyl (C=O) groups is 3. The molecule has 1 rings (SSSR count). The Morgan fingerprint density at radius 3 is 1.89 bits per heavy atom. The van der Waals surface area contributed by atoms with Crippen molar-refractivity contribution >= 4 is 17.8 Å². The maximum Gasteiger partial charge on any atom is 0.306 e. The molecule has 216 valence electrons. The van der Waals surface area contributed by atoms with Crippen LogP contribution in [0.3, 0.4) is 0 Å². The first kappa shape index (κ1) is 33.3. The third-order valence-corrected chi connectivity index (χ3v) is 6.64. The molecule has 0 spiro atoms. The molecule has 0 saturated carbocycles. The SMILES string of the molecule is CCCCCCCCCCCCCCCC(=O)NCCOC(=O)CCC(=O)OC[C@H]1O[C@H](CO)C[C@@H]1O. The third kappa shape index (κ3) is 18.2. The first-order valence-corrected chi connectivity index (χ1v) is 14.5. The molecule has 0 aromatic rings. The summed E-state index contributed by atoms with van der Waals surface area (Å²) in [5.74, 6) is -1.17. The first-order chi connectivity index (χ1) is 18.0. The number of nitrogens with one attached hydrogen (secondary N) is 1. The summed E-state index contributed by atoms with van der Waals surface area (Å²) in [6.07, 6.45) is 15.0. The molecule has 1 aliphatic heterocycles. The Bertz CT molecular complexity index is 615. The van der Waals surface area contributed by atoms with Gasteiger partial charge in [-0.2, -0.15) is 0 Å². The van der Waals surface area contributed by atoms with Crippen LogP contribution in [0.2, 0.25) is 0 Å². The number of esters is 2. The van der Waals surface area contributed by atoms with Crippen molar-refractivity contribution in [2.24, 2.45) is 0 Å². The molecule has 0 aromatic carbocycles. The summed E-state index contributed by atoms with van der Waals surface area (Å²) in [4.78, 5) is 35.4. The van der Waals surface area contributed by atoms with Crippen molar-refractivity contribution in [2.45, 2.75) is 134 Å². The van der Waals surface area contributed by atoms with Gasteiger partial charge in [0.1, 0.15) is 19.3 Å². The van der Waals surface area contributed by atoms with Gasteiger partial charge in [0, 0.05) is 12.8 Å². The van der Waals surface area contributed by atoms with Gasteiger partial charge in [0.25, 0.3) is 0 Å². The molecule has 3 atom stereocenters. The summed E-state index contributed by atoms with van der Waals surface area (Å²) in [6.45, 7) is 2.22. The van der Waals surface area contributed by atoms with E-state index in [1.807, 2.05) is 0 Å². The topological polar surface area (TPSA) is 131 Å². The monoisotopic (exact) mass is 529 g/mol. The van der Waals surface area contributed by atoms with Gasteiger partial charge in [0.05, 0.1) is 38.2 Å². The maximum absolute atomic E-state index is 11.9. The summed E-state index contributed by atoms with van der Waals surface area (Å²) in [5, 5.41) is 21.6. The second kappa shape index (κ2) is 22.3. The van der Waals surface area contributed by atoms with Crippen LogP contribution in [-0.4, -0.2) is 72.7 Å². The smallest absolute Gasteiger partial charge is 0.306 e. The molecular formula is C28H51NO8. The van der Waals surface area contributed by atoms with Crippen LogP contribution in [0, 0.1) is 0 Å². The van der Waals surface area contributed by atoms with Crippen LogP contribution >= 0.6 is 0 Å². The molecule has 0 bridgehead atoms. The van der Waals surface area contributed by atoms with Gasteiger partial charge >= 0.3 is 11.9 Å². The second-order valence-electron chi connectivity index (χ2n) is 10.0. The van der Waals surface area contributed by atoms with Crippen LogP contribution in [0.25, 0.3) is 0 Å². The van der Waals surface area contributed by atoms with Gasteiger partial charge < -0.3 is 29.7 Å². The predicted molar refractivity (Wildman–Crippen MR) is 141 cm³/mol. The number of hydrogen-bond donors (Lipinski definition) is 3. The number of rotatable bonds is 23. The lowest BCUT2D eigenvalue weighted by molar-refractivity contribution is -0.153. The maximum atomic E-state index is 11.9.